The summed E-state index contributed by atoms with van der Waals surface area (Å²) in [6.45, 7) is 2.46. The van der Waals surface area contributed by atoms with Gasteiger partial charge < -0.3 is 35.6 Å². The van der Waals surface area contributed by atoms with Crippen molar-refractivity contribution in [2.45, 2.75) is 63.5 Å². The highest BCUT2D eigenvalue weighted by atomic mass is 35.5. The van der Waals surface area contributed by atoms with E-state index in [1.54, 1.807) is 7.11 Å². The monoisotopic (exact) mass is 740 g/mol. The summed E-state index contributed by atoms with van der Waals surface area (Å²) in [7, 11) is 2.83. The topological polar surface area (TPSA) is 151 Å². The van der Waals surface area contributed by atoms with E-state index >= 15 is 0 Å². The number of aliphatic hydroxyl groups is 1. The van der Waals surface area contributed by atoms with E-state index in [-0.39, 0.29) is 18.1 Å². The third-order valence-corrected chi connectivity index (χ3v) is 9.85. The molecule has 2 aliphatic rings. The summed E-state index contributed by atoms with van der Waals surface area (Å²) in [5.74, 6) is -0.890. The van der Waals surface area contributed by atoms with E-state index in [1.165, 1.54) is 7.11 Å². The van der Waals surface area contributed by atoms with Gasteiger partial charge in [-0.3, -0.25) is 4.79 Å². The first-order valence-corrected chi connectivity index (χ1v) is 17.2. The number of fused-ring (bicyclic) bond motifs is 1. The van der Waals surface area contributed by atoms with Crippen LogP contribution in [0.15, 0.2) is 48.5 Å². The number of anilines is 1. The second-order valence-electron chi connectivity index (χ2n) is 13.4. The maximum atomic E-state index is 14.2. The number of halogens is 4. The van der Waals surface area contributed by atoms with Crippen LogP contribution in [-0.4, -0.2) is 64.0 Å². The molecule has 2 aromatic carbocycles. The number of rotatable bonds is 14. The average molecular weight is 741 g/mol. The van der Waals surface area contributed by atoms with Gasteiger partial charge in [0.25, 0.3) is 0 Å². The second-order valence-corrected chi connectivity index (χ2v) is 13.8. The van der Waals surface area contributed by atoms with Crippen LogP contribution < -0.4 is 25.4 Å². The number of carbonyl (C=O) groups is 1. The lowest BCUT2D eigenvalue weighted by molar-refractivity contribution is -0.141. The zero-order chi connectivity index (χ0) is 37.2. The fourth-order valence-electron chi connectivity index (χ4n) is 7.15. The van der Waals surface area contributed by atoms with Gasteiger partial charge in [0.05, 0.1) is 43.1 Å². The minimum Gasteiger partial charge on any atom is -0.481 e. The van der Waals surface area contributed by atoms with Crippen molar-refractivity contribution in [3.05, 3.63) is 81.6 Å². The molecule has 0 aliphatic heterocycles. The highest BCUT2D eigenvalue weighted by Gasteiger charge is 2.40. The molecule has 1 fully saturated rings. The first-order valence-electron chi connectivity index (χ1n) is 16.9. The molecule has 1 saturated carbocycles. The predicted octanol–water partition coefficient (Wildman–Crippen LogP) is 6.42. The Labute approximate surface area is 304 Å². The summed E-state index contributed by atoms with van der Waals surface area (Å²) in [6.07, 6.45) is -2.23. The number of nitrogens with zero attached hydrogens (tertiary/aromatic N) is 3. The van der Waals surface area contributed by atoms with E-state index in [1.807, 2.05) is 55.5 Å². The number of ether oxygens (including phenoxy) is 2. The summed E-state index contributed by atoms with van der Waals surface area (Å²) in [5, 5.41) is 28.3. The molecular weight excluding hydrogens is 701 g/mol. The van der Waals surface area contributed by atoms with Crippen LogP contribution in [-0.2, 0) is 30.5 Å². The van der Waals surface area contributed by atoms with Crippen molar-refractivity contribution in [1.82, 2.24) is 25.6 Å². The molecule has 0 radical (unpaired) electrons. The number of aliphatic carboxylic acids is 1. The lowest BCUT2D eigenvalue weighted by atomic mass is 9.72. The summed E-state index contributed by atoms with van der Waals surface area (Å²) in [6, 6.07) is 14.7. The van der Waals surface area contributed by atoms with E-state index in [4.69, 9.17) is 31.2 Å². The lowest BCUT2D eigenvalue weighted by Gasteiger charge is -2.41. The van der Waals surface area contributed by atoms with Crippen LogP contribution in [0.2, 0.25) is 5.02 Å². The molecule has 2 aliphatic carbocycles. The second kappa shape index (κ2) is 15.2. The average Bonchev–Trinajstić information content (AvgIpc) is 3.50. The minimum atomic E-state index is -4.84. The Morgan fingerprint density at radius 3 is 2.37 bits per heavy atom. The molecule has 0 saturated heterocycles. The number of alkyl halides is 3. The Morgan fingerprint density at radius 1 is 0.962 bits per heavy atom. The molecule has 0 unspecified atom stereocenters. The molecule has 11 nitrogen and oxygen atoms in total. The highest BCUT2D eigenvalue weighted by Crippen LogP contribution is 2.45. The van der Waals surface area contributed by atoms with Gasteiger partial charge in [-0.05, 0) is 67.8 Å². The van der Waals surface area contributed by atoms with Gasteiger partial charge in [-0.1, -0.05) is 54.1 Å². The molecule has 5 N–H and O–H groups in total. The molecule has 0 bridgehead atoms. The van der Waals surface area contributed by atoms with Crippen LogP contribution in [0.1, 0.15) is 60.3 Å². The molecule has 52 heavy (non-hydrogen) atoms. The number of hydrogen-bond donors (Lipinski definition) is 5. The van der Waals surface area contributed by atoms with Crippen LogP contribution in [0.25, 0.3) is 22.4 Å². The Hall–Kier alpha value is -4.50. The zero-order valence-electron chi connectivity index (χ0n) is 28.9. The number of pyridine rings is 1. The van der Waals surface area contributed by atoms with Gasteiger partial charge in [0, 0.05) is 29.8 Å². The van der Waals surface area contributed by atoms with E-state index in [0.29, 0.717) is 47.5 Å². The fourth-order valence-corrected chi connectivity index (χ4v) is 7.47. The lowest BCUT2D eigenvalue weighted by Crippen LogP contribution is -2.44. The zero-order valence-corrected chi connectivity index (χ0v) is 29.7. The molecule has 4 aromatic rings. The van der Waals surface area contributed by atoms with Crippen molar-refractivity contribution in [2.75, 3.05) is 32.6 Å². The Bertz CT molecular complexity index is 1950. The molecular formula is C37H40ClF3N6O5. The summed E-state index contributed by atoms with van der Waals surface area (Å²) >= 11 is 7.09. The summed E-state index contributed by atoms with van der Waals surface area (Å²) in [5.41, 5.74) is 3.64. The van der Waals surface area contributed by atoms with Crippen molar-refractivity contribution < 1.29 is 37.7 Å². The van der Waals surface area contributed by atoms with E-state index in [0.717, 1.165) is 47.2 Å². The van der Waals surface area contributed by atoms with Crippen LogP contribution in [0, 0.1) is 5.92 Å². The van der Waals surface area contributed by atoms with Gasteiger partial charge in [-0.25, -0.2) is 9.97 Å². The minimum absolute atomic E-state index is 0.151. The first kappa shape index (κ1) is 37.3. The normalized spacial score (nSPS) is 19.5. The molecule has 1 atom stereocenters. The van der Waals surface area contributed by atoms with Crippen LogP contribution in [0.4, 0.5) is 19.0 Å². The van der Waals surface area contributed by atoms with Gasteiger partial charge in [0.15, 0.2) is 11.5 Å². The molecule has 0 spiro atoms. The highest BCUT2D eigenvalue weighted by molar-refractivity contribution is 6.36. The molecule has 0 amide bonds. The Morgan fingerprint density at radius 2 is 1.67 bits per heavy atom. The van der Waals surface area contributed by atoms with Crippen molar-refractivity contribution >= 4 is 23.4 Å². The van der Waals surface area contributed by atoms with Gasteiger partial charge in [0.2, 0.25) is 11.8 Å². The Kier molecular flexibility index (Phi) is 10.9. The number of carboxylic acids is 1. The van der Waals surface area contributed by atoms with Gasteiger partial charge >= 0.3 is 12.1 Å². The van der Waals surface area contributed by atoms with Crippen LogP contribution in [0.5, 0.6) is 11.8 Å². The molecule has 2 aromatic heterocycles. The van der Waals surface area contributed by atoms with E-state index < -0.39 is 41.8 Å². The number of hydrogen-bond acceptors (Lipinski definition) is 10. The number of nitrogens with one attached hydrogen (secondary N) is 3. The number of aromatic nitrogens is 3. The van der Waals surface area contributed by atoms with Crippen molar-refractivity contribution in [3.63, 3.8) is 0 Å². The third-order valence-electron chi connectivity index (χ3n) is 9.45. The first-order chi connectivity index (χ1) is 24.8. The van der Waals surface area contributed by atoms with Crippen LogP contribution in [0.3, 0.4) is 0 Å². The maximum absolute atomic E-state index is 14.2. The number of carboxylic acid groups (broad SMARTS) is 1. The van der Waals surface area contributed by atoms with Gasteiger partial charge in [0.1, 0.15) is 5.69 Å². The molecule has 2 heterocycles. The number of methoxy groups -OCH3 is 2. The fraction of sp³-hybridized carbons (Fsp3) is 0.405. The standard InChI is InChI=1S/C37H40ClF3N6O5/c1-36(50)14-20(15-36)16-42-17-21-10-12-28(46-34(21)51-2)26-9-5-8-25(31(26)38)22-6-4-7-24-23(22)11-13-27(24)45-33-32(37(39,40)41)44-29(35(47-33)52-3)18-43-19-30(48)49/h4-10,12,20,27,42-43,50H,11,13-19H2,1-3H3,(H,45,47)(H,48,49)/t20-,27-,36-/m0/s1. The van der Waals surface area contributed by atoms with Crippen LogP contribution >= 0.6 is 11.6 Å². The van der Waals surface area contributed by atoms with E-state index in [9.17, 15) is 23.1 Å². The molecule has 15 heteroatoms. The van der Waals surface area contributed by atoms with E-state index in [2.05, 4.69) is 25.9 Å². The summed E-state index contributed by atoms with van der Waals surface area (Å²) in [4.78, 5) is 23.6. The quantitative estimate of drug-likeness (QED) is 0.0975. The van der Waals surface area contributed by atoms with Gasteiger partial charge in [-0.2, -0.15) is 18.2 Å². The molecule has 6 rings (SSSR count). The number of benzene rings is 2. The third kappa shape index (κ3) is 8.10. The van der Waals surface area contributed by atoms with Crippen molar-refractivity contribution in [2.24, 2.45) is 5.92 Å². The van der Waals surface area contributed by atoms with Gasteiger partial charge in [-0.15, -0.1) is 0 Å². The molecule has 276 valence electrons. The predicted molar refractivity (Wildman–Crippen MR) is 189 cm³/mol. The van der Waals surface area contributed by atoms with Crippen molar-refractivity contribution in [1.29, 1.82) is 0 Å². The Balaban J connectivity index is 1.24. The SMILES string of the molecule is COc1nc(-c2cccc(-c3cccc4c3CC[C@@H]4Nc3nc(OC)c(CNCC(=O)O)nc3C(F)(F)F)c2Cl)ccc1CNC[C@H]1C[C@](C)(O)C1. The van der Waals surface area contributed by atoms with Crippen molar-refractivity contribution in [3.8, 4) is 34.1 Å². The summed E-state index contributed by atoms with van der Waals surface area (Å²) < 4.78 is 53.6. The smallest absolute Gasteiger partial charge is 0.437 e. The largest absolute Gasteiger partial charge is 0.481 e. The maximum Gasteiger partial charge on any atom is 0.437 e.